The molecule has 0 aliphatic carbocycles. The summed E-state index contributed by atoms with van der Waals surface area (Å²) in [6.07, 6.45) is 4.18. The average molecular weight is 441 g/mol. The Kier molecular flexibility index (Phi) is 7.71. The molecule has 1 N–H and O–H groups in total. The third kappa shape index (κ3) is 5.10. The molecule has 1 heterocycles. The molecule has 0 saturated carbocycles. The number of nitrogens with one attached hydrogen (secondary N) is 1. The molecule has 1 aromatic heterocycles. The Labute approximate surface area is 169 Å². The number of nitrogens with zero attached hydrogens (tertiary/aromatic N) is 2. The minimum Gasteiger partial charge on any atom is -0.365 e. The molecule has 0 aliphatic heterocycles. The number of halogens is 2. The summed E-state index contributed by atoms with van der Waals surface area (Å²) >= 11 is 9.78. The number of anilines is 1. The number of benzene rings is 1. The van der Waals surface area contributed by atoms with Gasteiger partial charge in [-0.3, -0.25) is 4.79 Å². The Balaban J connectivity index is 2.12. The van der Waals surface area contributed by atoms with Crippen LogP contribution in [0.25, 0.3) is 0 Å². The first kappa shape index (κ1) is 21.0. The molecule has 0 saturated heterocycles. The molecule has 142 valence electrons. The van der Waals surface area contributed by atoms with Crippen molar-refractivity contribution in [2.75, 3.05) is 11.9 Å². The van der Waals surface area contributed by atoms with Crippen molar-refractivity contribution >= 4 is 33.3 Å². The molecule has 0 aliphatic rings. The normalized spacial score (nSPS) is 11.4. The molecular formula is C20H27BrClN3O. The fourth-order valence-electron chi connectivity index (χ4n) is 2.99. The molecule has 6 heteroatoms. The van der Waals surface area contributed by atoms with E-state index in [4.69, 9.17) is 11.6 Å². The zero-order valence-electron chi connectivity index (χ0n) is 15.9. The fraction of sp³-hybridized carbons (Fsp3) is 0.500. The van der Waals surface area contributed by atoms with Gasteiger partial charge in [0.15, 0.2) is 5.82 Å². The molecule has 0 bridgehead atoms. The lowest BCUT2D eigenvalue weighted by atomic mass is 10.0. The second-order valence-electron chi connectivity index (χ2n) is 6.78. The molecule has 26 heavy (non-hydrogen) atoms. The van der Waals surface area contributed by atoms with Crippen LogP contribution in [0.5, 0.6) is 0 Å². The van der Waals surface area contributed by atoms with Crippen LogP contribution in [0, 0.1) is 0 Å². The van der Waals surface area contributed by atoms with Gasteiger partial charge in [-0.05, 0) is 42.4 Å². The van der Waals surface area contributed by atoms with Crippen molar-refractivity contribution in [1.29, 1.82) is 0 Å². The predicted molar refractivity (Wildman–Crippen MR) is 114 cm³/mol. The van der Waals surface area contributed by atoms with Crippen molar-refractivity contribution in [3.63, 3.8) is 0 Å². The highest BCUT2D eigenvalue weighted by molar-refractivity contribution is 9.10. The first-order chi connectivity index (χ1) is 12.4. The lowest BCUT2D eigenvalue weighted by Gasteiger charge is -2.17. The van der Waals surface area contributed by atoms with E-state index in [-0.39, 0.29) is 11.6 Å². The minimum atomic E-state index is -0.114. The van der Waals surface area contributed by atoms with Gasteiger partial charge in [0, 0.05) is 23.3 Å². The van der Waals surface area contributed by atoms with Crippen LogP contribution in [0.2, 0.25) is 5.15 Å². The maximum Gasteiger partial charge on any atom is 0.293 e. The summed E-state index contributed by atoms with van der Waals surface area (Å²) in [7, 11) is 0. The smallest absolute Gasteiger partial charge is 0.293 e. The highest BCUT2D eigenvalue weighted by Gasteiger charge is 2.13. The van der Waals surface area contributed by atoms with Crippen LogP contribution >= 0.6 is 27.5 Å². The van der Waals surface area contributed by atoms with Gasteiger partial charge in [0.25, 0.3) is 5.56 Å². The first-order valence-electron chi connectivity index (χ1n) is 9.18. The lowest BCUT2D eigenvalue weighted by molar-refractivity contribution is 0.457. The molecule has 0 spiro atoms. The van der Waals surface area contributed by atoms with Crippen LogP contribution in [-0.4, -0.2) is 16.1 Å². The largest absolute Gasteiger partial charge is 0.365 e. The number of hydrogen-bond acceptors (Lipinski definition) is 3. The van der Waals surface area contributed by atoms with Crippen molar-refractivity contribution in [3.05, 3.63) is 55.5 Å². The average Bonchev–Trinajstić information content (AvgIpc) is 2.60. The van der Waals surface area contributed by atoms with Gasteiger partial charge in [-0.1, -0.05) is 67.4 Å². The second kappa shape index (κ2) is 9.56. The Morgan fingerprint density at radius 1 is 1.27 bits per heavy atom. The highest BCUT2D eigenvalue weighted by atomic mass is 79.9. The van der Waals surface area contributed by atoms with Gasteiger partial charge in [0.05, 0.1) is 0 Å². The van der Waals surface area contributed by atoms with Crippen molar-refractivity contribution < 1.29 is 0 Å². The summed E-state index contributed by atoms with van der Waals surface area (Å²) in [4.78, 5) is 16.9. The van der Waals surface area contributed by atoms with Crippen molar-refractivity contribution in [2.24, 2.45) is 0 Å². The van der Waals surface area contributed by atoms with Crippen molar-refractivity contribution in [3.8, 4) is 0 Å². The topological polar surface area (TPSA) is 46.9 Å². The molecule has 0 unspecified atom stereocenters. The number of aromatic nitrogens is 2. The maximum absolute atomic E-state index is 12.7. The van der Waals surface area contributed by atoms with E-state index in [1.54, 1.807) is 10.8 Å². The summed E-state index contributed by atoms with van der Waals surface area (Å²) in [5.74, 6) is 0.817. The van der Waals surface area contributed by atoms with Crippen LogP contribution in [0.3, 0.4) is 0 Å². The van der Waals surface area contributed by atoms with E-state index in [1.165, 1.54) is 11.1 Å². The molecule has 2 rings (SSSR count). The van der Waals surface area contributed by atoms with Crippen LogP contribution < -0.4 is 10.9 Å². The van der Waals surface area contributed by atoms with E-state index in [9.17, 15) is 4.79 Å². The van der Waals surface area contributed by atoms with Gasteiger partial charge in [-0.25, -0.2) is 4.98 Å². The van der Waals surface area contributed by atoms with Gasteiger partial charge in [0.1, 0.15) is 5.15 Å². The van der Waals surface area contributed by atoms with E-state index < -0.39 is 0 Å². The molecule has 0 amide bonds. The van der Waals surface area contributed by atoms with E-state index in [0.29, 0.717) is 23.4 Å². The maximum atomic E-state index is 12.7. The van der Waals surface area contributed by atoms with Gasteiger partial charge in [-0.15, -0.1) is 0 Å². The molecular weight excluding hydrogens is 414 g/mol. The Morgan fingerprint density at radius 3 is 2.54 bits per heavy atom. The van der Waals surface area contributed by atoms with Crippen molar-refractivity contribution in [1.82, 2.24) is 9.55 Å². The zero-order valence-corrected chi connectivity index (χ0v) is 18.2. The second-order valence-corrected chi connectivity index (χ2v) is 8.02. The fourth-order valence-corrected chi connectivity index (χ4v) is 3.77. The summed E-state index contributed by atoms with van der Waals surface area (Å²) in [5, 5.41) is 3.50. The summed E-state index contributed by atoms with van der Waals surface area (Å²) in [6, 6.07) is 6.59. The standard InChI is InChI=1S/C20H27BrClN3O/c1-5-16(6-2)25-12-18(22)24-19(20(25)26)23-10-9-14-7-8-15(13(3)4)11-17(14)21/h7-8,11-13,16H,5-6,9-10H2,1-4H3,(H,23,24). The monoisotopic (exact) mass is 439 g/mol. The van der Waals surface area contributed by atoms with Crippen molar-refractivity contribution in [2.45, 2.75) is 58.9 Å². The van der Waals surface area contributed by atoms with Gasteiger partial charge in [0.2, 0.25) is 0 Å². The molecule has 0 radical (unpaired) electrons. The number of hydrogen-bond donors (Lipinski definition) is 1. The third-order valence-corrected chi connectivity index (χ3v) is 5.59. The van der Waals surface area contributed by atoms with Crippen LogP contribution in [0.4, 0.5) is 5.82 Å². The minimum absolute atomic E-state index is 0.114. The molecule has 0 atom stereocenters. The van der Waals surface area contributed by atoms with Crippen LogP contribution in [0.1, 0.15) is 63.6 Å². The Morgan fingerprint density at radius 2 is 1.96 bits per heavy atom. The van der Waals surface area contributed by atoms with E-state index in [1.807, 2.05) is 0 Å². The summed E-state index contributed by atoms with van der Waals surface area (Å²) in [6.45, 7) is 9.11. The molecule has 4 nitrogen and oxygen atoms in total. The summed E-state index contributed by atoms with van der Waals surface area (Å²) in [5.41, 5.74) is 2.39. The number of rotatable bonds is 8. The quantitative estimate of drug-likeness (QED) is 0.564. The Hall–Kier alpha value is -1.33. The SMILES string of the molecule is CCC(CC)n1cc(Cl)nc(NCCc2ccc(C(C)C)cc2Br)c1=O. The van der Waals surface area contributed by atoms with Gasteiger partial charge >= 0.3 is 0 Å². The van der Waals surface area contributed by atoms with Gasteiger partial charge < -0.3 is 9.88 Å². The third-order valence-electron chi connectivity index (χ3n) is 4.67. The van der Waals surface area contributed by atoms with Crippen LogP contribution in [0.15, 0.2) is 33.7 Å². The molecule has 0 fully saturated rings. The lowest BCUT2D eigenvalue weighted by Crippen LogP contribution is -2.28. The zero-order chi connectivity index (χ0) is 19.3. The predicted octanol–water partition coefficient (Wildman–Crippen LogP) is 5.80. The first-order valence-corrected chi connectivity index (χ1v) is 10.3. The van der Waals surface area contributed by atoms with E-state index in [2.05, 4.69) is 72.1 Å². The summed E-state index contributed by atoms with van der Waals surface area (Å²) < 4.78 is 2.80. The van der Waals surface area contributed by atoms with E-state index in [0.717, 1.165) is 23.7 Å². The molecule has 2 aromatic rings. The van der Waals surface area contributed by atoms with Crippen LogP contribution in [-0.2, 0) is 6.42 Å². The molecule has 1 aromatic carbocycles. The van der Waals surface area contributed by atoms with Gasteiger partial charge in [-0.2, -0.15) is 0 Å². The highest BCUT2D eigenvalue weighted by Crippen LogP contribution is 2.24. The van der Waals surface area contributed by atoms with E-state index >= 15 is 0 Å². The Bertz CT molecular complexity index is 800.